The maximum Gasteiger partial charge on any atom is 0.0541 e. The first-order valence-corrected chi connectivity index (χ1v) is 15.9. The molecule has 220 valence electrons. The number of hydrogen-bond acceptors (Lipinski definition) is 1. The molecule has 0 amide bonds. The number of benzene rings is 7. The van der Waals surface area contributed by atoms with Crippen molar-refractivity contribution in [2.24, 2.45) is 0 Å². The number of aryl methyl sites for hydroxylation is 2. The lowest BCUT2D eigenvalue weighted by atomic mass is 10.0. The molecule has 1 heterocycles. The van der Waals surface area contributed by atoms with Gasteiger partial charge < -0.3 is 9.47 Å². The minimum Gasteiger partial charge on any atom is -0.311 e. The summed E-state index contributed by atoms with van der Waals surface area (Å²) >= 11 is 0. The lowest BCUT2D eigenvalue weighted by Crippen LogP contribution is -2.09. The maximum absolute atomic E-state index is 2.36. The predicted molar refractivity (Wildman–Crippen MR) is 196 cm³/mol. The lowest BCUT2D eigenvalue weighted by Gasteiger charge is -2.26. The van der Waals surface area contributed by atoms with Gasteiger partial charge in [-0.15, -0.1) is 0 Å². The largest absolute Gasteiger partial charge is 0.311 e. The van der Waals surface area contributed by atoms with E-state index in [-0.39, 0.29) is 0 Å². The number of para-hydroxylation sites is 2. The number of hydrogen-bond donors (Lipinski definition) is 0. The number of fused-ring (bicyclic) bond motifs is 3. The molecule has 0 N–H and O–H groups in total. The van der Waals surface area contributed by atoms with Gasteiger partial charge in [-0.2, -0.15) is 0 Å². The highest BCUT2D eigenvalue weighted by molar-refractivity contribution is 6.10. The van der Waals surface area contributed by atoms with Crippen LogP contribution in [0.5, 0.6) is 0 Å². The topological polar surface area (TPSA) is 8.17 Å². The molecule has 0 aliphatic carbocycles. The molecule has 0 saturated heterocycles. The number of aromatic nitrogens is 1. The molecule has 0 spiro atoms. The van der Waals surface area contributed by atoms with Crippen LogP contribution < -0.4 is 4.90 Å². The van der Waals surface area contributed by atoms with E-state index in [1.54, 1.807) is 0 Å². The summed E-state index contributed by atoms with van der Waals surface area (Å²) in [4.78, 5) is 2.33. The second-order valence-electron chi connectivity index (χ2n) is 12.1. The molecule has 8 aromatic rings. The van der Waals surface area contributed by atoms with Crippen LogP contribution in [0.3, 0.4) is 0 Å². The van der Waals surface area contributed by atoms with Crippen LogP contribution in [0.25, 0.3) is 49.7 Å². The standard InChI is InChI=1S/C44H34N2/c1-31-12-16-33(17-13-31)34-18-25-39(26-19-34)45(38-23-14-32(2)15-24-38)40-27-20-35(21-28-40)36-22-29-44-42(30-36)41-10-6-7-11-43(41)46(44)37-8-4-3-5-9-37/h3-30H,1-2H3. The first-order chi connectivity index (χ1) is 22.6. The number of anilines is 3. The second-order valence-corrected chi connectivity index (χ2v) is 12.1. The molecule has 0 unspecified atom stereocenters. The molecule has 7 aromatic carbocycles. The highest BCUT2D eigenvalue weighted by Gasteiger charge is 2.15. The molecule has 0 aliphatic rings. The van der Waals surface area contributed by atoms with Gasteiger partial charge in [-0.05, 0) is 103 Å². The summed E-state index contributed by atoms with van der Waals surface area (Å²) in [5.74, 6) is 0. The van der Waals surface area contributed by atoms with Crippen molar-refractivity contribution in [3.05, 3.63) is 181 Å². The fourth-order valence-corrected chi connectivity index (χ4v) is 6.50. The van der Waals surface area contributed by atoms with E-state index >= 15 is 0 Å². The van der Waals surface area contributed by atoms with E-state index in [4.69, 9.17) is 0 Å². The van der Waals surface area contributed by atoms with Crippen molar-refractivity contribution >= 4 is 38.9 Å². The minimum absolute atomic E-state index is 1.12. The van der Waals surface area contributed by atoms with Crippen molar-refractivity contribution in [1.29, 1.82) is 0 Å². The van der Waals surface area contributed by atoms with E-state index in [9.17, 15) is 0 Å². The second kappa shape index (κ2) is 11.6. The molecule has 8 rings (SSSR count). The predicted octanol–water partition coefficient (Wildman–Crippen LogP) is 12.2. The molecule has 0 saturated carbocycles. The first-order valence-electron chi connectivity index (χ1n) is 15.9. The van der Waals surface area contributed by atoms with Crippen LogP contribution in [0.4, 0.5) is 17.1 Å². The van der Waals surface area contributed by atoms with Gasteiger partial charge in [-0.1, -0.05) is 114 Å². The smallest absolute Gasteiger partial charge is 0.0541 e. The van der Waals surface area contributed by atoms with Crippen molar-refractivity contribution in [1.82, 2.24) is 4.57 Å². The van der Waals surface area contributed by atoms with Gasteiger partial charge in [0.2, 0.25) is 0 Å². The third-order valence-electron chi connectivity index (χ3n) is 8.95. The van der Waals surface area contributed by atoms with Crippen LogP contribution in [0.2, 0.25) is 0 Å². The van der Waals surface area contributed by atoms with Crippen LogP contribution in [-0.2, 0) is 0 Å². The van der Waals surface area contributed by atoms with E-state index < -0.39 is 0 Å². The summed E-state index contributed by atoms with van der Waals surface area (Å²) in [7, 11) is 0. The number of rotatable bonds is 6. The molecule has 1 aromatic heterocycles. The maximum atomic E-state index is 2.36. The Hall–Kier alpha value is -5.86. The van der Waals surface area contributed by atoms with Gasteiger partial charge in [0, 0.05) is 33.5 Å². The zero-order chi connectivity index (χ0) is 31.0. The normalized spacial score (nSPS) is 11.3. The van der Waals surface area contributed by atoms with Crippen LogP contribution in [0.15, 0.2) is 170 Å². The molecular formula is C44H34N2. The van der Waals surface area contributed by atoms with E-state index in [2.05, 4.69) is 193 Å². The molecule has 2 nitrogen and oxygen atoms in total. The fourth-order valence-electron chi connectivity index (χ4n) is 6.50. The summed E-state index contributed by atoms with van der Waals surface area (Å²) < 4.78 is 2.36. The van der Waals surface area contributed by atoms with Gasteiger partial charge >= 0.3 is 0 Å². The van der Waals surface area contributed by atoms with Crippen molar-refractivity contribution in [2.45, 2.75) is 13.8 Å². The van der Waals surface area contributed by atoms with E-state index in [1.807, 2.05) is 0 Å². The van der Waals surface area contributed by atoms with E-state index in [0.717, 1.165) is 17.1 Å². The molecule has 0 aliphatic heterocycles. The average Bonchev–Trinajstić information content (AvgIpc) is 3.44. The minimum atomic E-state index is 1.12. The Morgan fingerprint density at radius 2 is 0.804 bits per heavy atom. The summed E-state index contributed by atoms with van der Waals surface area (Å²) in [6, 6.07) is 61.5. The van der Waals surface area contributed by atoms with Gasteiger partial charge in [0.25, 0.3) is 0 Å². The van der Waals surface area contributed by atoms with E-state index in [0.29, 0.717) is 0 Å². The molecule has 2 heteroatoms. The Kier molecular flexibility index (Phi) is 6.96. The lowest BCUT2D eigenvalue weighted by molar-refractivity contribution is 1.18. The van der Waals surface area contributed by atoms with E-state index in [1.165, 1.54) is 60.9 Å². The van der Waals surface area contributed by atoms with Crippen LogP contribution in [-0.4, -0.2) is 4.57 Å². The molecular weight excluding hydrogens is 556 g/mol. The Morgan fingerprint density at radius 3 is 1.41 bits per heavy atom. The van der Waals surface area contributed by atoms with Crippen LogP contribution in [0, 0.1) is 13.8 Å². The third-order valence-corrected chi connectivity index (χ3v) is 8.95. The van der Waals surface area contributed by atoms with Gasteiger partial charge in [-0.25, -0.2) is 0 Å². The SMILES string of the molecule is Cc1ccc(-c2ccc(N(c3ccc(C)cc3)c3ccc(-c4ccc5c(c4)c4ccccc4n5-c4ccccc4)cc3)cc2)cc1. The summed E-state index contributed by atoms with van der Waals surface area (Å²) in [6.07, 6.45) is 0. The molecule has 46 heavy (non-hydrogen) atoms. The monoisotopic (exact) mass is 590 g/mol. The van der Waals surface area contributed by atoms with Gasteiger partial charge in [0.05, 0.1) is 11.0 Å². The highest BCUT2D eigenvalue weighted by atomic mass is 15.1. The molecule has 0 bridgehead atoms. The Bertz CT molecular complexity index is 2280. The Balaban J connectivity index is 1.17. The molecule has 0 atom stereocenters. The Morgan fingerprint density at radius 1 is 0.370 bits per heavy atom. The zero-order valence-corrected chi connectivity index (χ0v) is 26.1. The summed E-state index contributed by atoms with van der Waals surface area (Å²) in [5.41, 5.74) is 14.4. The summed E-state index contributed by atoms with van der Waals surface area (Å²) in [6.45, 7) is 4.26. The highest BCUT2D eigenvalue weighted by Crippen LogP contribution is 2.38. The quantitative estimate of drug-likeness (QED) is 0.187. The van der Waals surface area contributed by atoms with Crippen molar-refractivity contribution in [2.75, 3.05) is 4.90 Å². The van der Waals surface area contributed by atoms with Gasteiger partial charge in [0.1, 0.15) is 0 Å². The zero-order valence-electron chi connectivity index (χ0n) is 26.1. The van der Waals surface area contributed by atoms with Crippen LogP contribution >= 0.6 is 0 Å². The van der Waals surface area contributed by atoms with Gasteiger partial charge in [-0.3, -0.25) is 0 Å². The first kappa shape index (κ1) is 27.7. The van der Waals surface area contributed by atoms with Crippen LogP contribution in [0.1, 0.15) is 11.1 Å². The van der Waals surface area contributed by atoms with Crippen molar-refractivity contribution in [3.8, 4) is 27.9 Å². The number of nitrogens with zero attached hydrogens (tertiary/aromatic N) is 2. The summed E-state index contributed by atoms with van der Waals surface area (Å²) in [5, 5.41) is 2.52. The average molecular weight is 591 g/mol. The molecule has 0 radical (unpaired) electrons. The van der Waals surface area contributed by atoms with Crippen molar-refractivity contribution < 1.29 is 0 Å². The third kappa shape index (κ3) is 5.04. The Labute approximate surface area is 270 Å². The van der Waals surface area contributed by atoms with Crippen molar-refractivity contribution in [3.63, 3.8) is 0 Å². The fraction of sp³-hybridized carbons (Fsp3) is 0.0455. The van der Waals surface area contributed by atoms with Gasteiger partial charge in [0.15, 0.2) is 0 Å². The molecule has 0 fully saturated rings.